The van der Waals surface area contributed by atoms with Gasteiger partial charge in [-0.25, -0.2) is 0 Å². The second kappa shape index (κ2) is 19.7. The molecule has 0 saturated carbocycles. The van der Waals surface area contributed by atoms with Crippen molar-refractivity contribution in [3.8, 4) is 5.75 Å². The molecular weight excluding hydrogens is 933 g/mol. The molecule has 331 valence electrons. The topological polar surface area (TPSA) is 246 Å². The van der Waals surface area contributed by atoms with Gasteiger partial charge in [-0.15, -0.1) is 0 Å². The molecule has 0 aromatic heterocycles. The molecular formula is C40H51MoN6O11S3. The number of hydrogen-bond donors (Lipinski definition) is 5. The van der Waals surface area contributed by atoms with Gasteiger partial charge < -0.3 is 10.6 Å². The standard InChI is InChI=1S/C40H51N6O11S3.Mo/c1-9-29(39(50)43-19-11-17-41-37(48)23(3)4)45(7)59(54,55)33-22-34(60(56,57)46(8)30(10-2)40(51)44-20-12-18-42-38(49)24(5)6)28-16-14-26-32(58(52)53)21-31(47)25-13-15-27(33)36(28)35(25)26;/h13-16,21-22,29-30,47H,3,5,9-12,17-20H2,1-2,4,6-8H3,(H,41,48)(H,42,49)(H,43,50)(H,44,51);. The molecule has 0 heterocycles. The number of phenolic OH excluding ortho intramolecular Hbond substituents is 1. The van der Waals surface area contributed by atoms with Gasteiger partial charge in [-0.3, -0.25) is 9.59 Å². The quantitative estimate of drug-likeness (QED) is 0.0352. The molecule has 4 aromatic carbocycles. The fourth-order valence-corrected chi connectivity index (χ4v) is 11.9. The van der Waals surface area contributed by atoms with Gasteiger partial charge in [0.15, 0.2) is 0 Å². The summed E-state index contributed by atoms with van der Waals surface area (Å²) in [6.45, 7) is 14.1. The predicted octanol–water partition coefficient (Wildman–Crippen LogP) is 2.72. The van der Waals surface area contributed by atoms with E-state index >= 15 is 0 Å². The van der Waals surface area contributed by atoms with Crippen molar-refractivity contribution in [1.82, 2.24) is 29.9 Å². The molecule has 0 radical (unpaired) electrons. The van der Waals surface area contributed by atoms with Crippen LogP contribution in [0.3, 0.4) is 0 Å². The van der Waals surface area contributed by atoms with Gasteiger partial charge in [0.2, 0.25) is 11.8 Å². The maximum absolute atomic E-state index is 14.8. The van der Waals surface area contributed by atoms with Crippen molar-refractivity contribution in [2.24, 2.45) is 0 Å². The second-order valence-electron chi connectivity index (χ2n) is 14.5. The number of carbonyl (C=O) groups is 4. The Morgan fingerprint density at radius 2 is 0.967 bits per heavy atom. The molecule has 2 unspecified atom stereocenters. The van der Waals surface area contributed by atoms with Crippen LogP contribution in [0.5, 0.6) is 5.75 Å². The number of sulfonamides is 2. The van der Waals surface area contributed by atoms with Gasteiger partial charge in [-0.1, -0.05) is 13.2 Å². The minimum absolute atomic E-state index is 0.00706. The summed E-state index contributed by atoms with van der Waals surface area (Å²) in [6.07, 6.45) is 0.670. The fourth-order valence-electron chi connectivity index (χ4n) is 6.91. The zero-order valence-corrected chi connectivity index (χ0v) is 39.2. The normalized spacial score (nSPS) is 13.4. The number of benzene rings is 4. The molecule has 0 aliphatic rings. The van der Waals surface area contributed by atoms with Crippen LogP contribution in [-0.2, 0) is 65.3 Å². The van der Waals surface area contributed by atoms with Gasteiger partial charge in [-0.05, 0) is 26.7 Å². The number of amides is 4. The SMILES string of the molecule is C=C(C)C(=O)NCCCNC(=O)C(CC)N(C)S(=O)(=O)c1cc(S(=O)(=O)N(C)C(CC)C(=O)NCCCNC(=O)C(=C)C)c2ccc3c([S](=O)(=O)[Mo])cc(O)c4ccc1c2c43. The molecule has 4 rings (SSSR count). The summed E-state index contributed by atoms with van der Waals surface area (Å²) in [5, 5.41) is 22.1. The Kier molecular flexibility index (Phi) is 15.9. The summed E-state index contributed by atoms with van der Waals surface area (Å²) in [6, 6.07) is 5.03. The first-order valence-electron chi connectivity index (χ1n) is 19.3. The number of phenols is 1. The molecule has 4 amide bonds. The molecule has 0 fully saturated rings. The Morgan fingerprint density at radius 3 is 1.33 bits per heavy atom. The predicted molar refractivity (Wildman–Crippen MR) is 228 cm³/mol. The molecule has 0 aliphatic carbocycles. The van der Waals surface area contributed by atoms with Crippen LogP contribution in [0.25, 0.3) is 32.3 Å². The number of rotatable bonds is 21. The molecule has 21 heteroatoms. The number of nitrogens with zero attached hydrogens (tertiary/aromatic N) is 2. The first-order valence-corrected chi connectivity index (χ1v) is 26.0. The van der Waals surface area contributed by atoms with E-state index in [9.17, 15) is 49.5 Å². The zero-order chi connectivity index (χ0) is 45.8. The third kappa shape index (κ3) is 10.4. The Hall–Kier alpha value is -4.46. The molecule has 0 bridgehead atoms. The van der Waals surface area contributed by atoms with Gasteiger partial charge in [0.25, 0.3) is 0 Å². The average molecular weight is 984 g/mol. The number of carbonyl (C=O) groups excluding carboxylic acids is 4. The van der Waals surface area contributed by atoms with E-state index < -0.39 is 67.0 Å². The summed E-state index contributed by atoms with van der Waals surface area (Å²) in [7, 11) is -11.2. The second-order valence-corrected chi connectivity index (χ2v) is 23.1. The molecule has 17 nitrogen and oxygen atoms in total. The summed E-state index contributed by atoms with van der Waals surface area (Å²) < 4.78 is 87.0. The van der Waals surface area contributed by atoms with Crippen LogP contribution in [-0.4, -0.2) is 115 Å². The van der Waals surface area contributed by atoms with Gasteiger partial charge in [0, 0.05) is 37.3 Å². The van der Waals surface area contributed by atoms with Crippen molar-refractivity contribution in [3.05, 3.63) is 60.7 Å². The van der Waals surface area contributed by atoms with Gasteiger partial charge >= 0.3 is 259 Å². The molecule has 0 spiro atoms. The van der Waals surface area contributed by atoms with E-state index in [2.05, 4.69) is 34.4 Å². The van der Waals surface area contributed by atoms with Gasteiger partial charge in [-0.2, -0.15) is 0 Å². The van der Waals surface area contributed by atoms with Crippen LogP contribution in [0.4, 0.5) is 0 Å². The Balaban J connectivity index is 1.86. The van der Waals surface area contributed by atoms with Crippen LogP contribution in [0, 0.1) is 0 Å². The van der Waals surface area contributed by atoms with Crippen molar-refractivity contribution in [2.45, 2.75) is 80.1 Å². The van der Waals surface area contributed by atoms with Crippen molar-refractivity contribution in [3.63, 3.8) is 0 Å². The third-order valence-corrected chi connectivity index (χ3v) is 16.3. The molecule has 5 N–H and O–H groups in total. The number of aromatic hydroxyl groups is 1. The van der Waals surface area contributed by atoms with E-state index in [0.717, 1.165) is 39.3 Å². The van der Waals surface area contributed by atoms with E-state index in [4.69, 9.17) is 0 Å². The van der Waals surface area contributed by atoms with E-state index in [1.165, 1.54) is 38.4 Å². The molecule has 61 heavy (non-hydrogen) atoms. The number of nitrogens with one attached hydrogen (secondary N) is 4. The Bertz CT molecular complexity index is 2630. The maximum atomic E-state index is 14.8. The van der Waals surface area contributed by atoms with Gasteiger partial charge in [0.05, 0.1) is 0 Å². The molecule has 4 aromatic rings. The molecule has 0 saturated heterocycles. The fraction of sp³-hybridized carbons (Fsp3) is 0.400. The van der Waals surface area contributed by atoms with E-state index in [1.807, 2.05) is 0 Å². The summed E-state index contributed by atoms with van der Waals surface area (Å²) in [5.41, 5.74) is 0.628. The van der Waals surface area contributed by atoms with Gasteiger partial charge in [0.1, 0.15) is 0 Å². The summed E-state index contributed by atoms with van der Waals surface area (Å²) in [5.74, 6) is -2.44. The summed E-state index contributed by atoms with van der Waals surface area (Å²) in [4.78, 5) is 49.3. The van der Waals surface area contributed by atoms with Crippen LogP contribution >= 0.6 is 0 Å². The van der Waals surface area contributed by atoms with Crippen LogP contribution < -0.4 is 21.3 Å². The van der Waals surface area contributed by atoms with Crippen molar-refractivity contribution >= 4 is 83.5 Å². The van der Waals surface area contributed by atoms with E-state index in [0.29, 0.717) is 24.0 Å². The van der Waals surface area contributed by atoms with Crippen LogP contribution in [0.1, 0.15) is 53.4 Å². The molecule has 0 aliphatic heterocycles. The first-order chi connectivity index (χ1) is 28.4. The van der Waals surface area contributed by atoms with E-state index in [-0.39, 0.29) is 88.0 Å². The average Bonchev–Trinajstić information content (AvgIpc) is 3.19. The van der Waals surface area contributed by atoms with Crippen LogP contribution in [0.15, 0.2) is 75.4 Å². The Labute approximate surface area is 366 Å². The first kappa shape index (κ1) is 49.2. The number of hydrogen-bond acceptors (Lipinski definition) is 11. The zero-order valence-electron chi connectivity index (χ0n) is 34.7. The third-order valence-electron chi connectivity index (χ3n) is 10.3. The van der Waals surface area contributed by atoms with Crippen molar-refractivity contribution in [1.29, 1.82) is 0 Å². The monoisotopic (exact) mass is 985 g/mol. The minimum atomic E-state index is -4.78. The van der Waals surface area contributed by atoms with Crippen molar-refractivity contribution < 1.29 is 68.1 Å². The van der Waals surface area contributed by atoms with Crippen LogP contribution in [0.2, 0.25) is 0 Å². The Morgan fingerprint density at radius 1 is 0.623 bits per heavy atom. The summed E-state index contributed by atoms with van der Waals surface area (Å²) >= 11 is 0.849. The number of likely N-dealkylation sites (N-methyl/N-ethyl adjacent to an activating group) is 2. The van der Waals surface area contributed by atoms with E-state index in [1.54, 1.807) is 27.7 Å². The van der Waals surface area contributed by atoms with Crippen molar-refractivity contribution in [2.75, 3.05) is 40.3 Å². The molecule has 2 atom stereocenters.